The summed E-state index contributed by atoms with van der Waals surface area (Å²) in [7, 11) is 0. The van der Waals surface area contributed by atoms with E-state index in [9.17, 15) is 5.11 Å². The summed E-state index contributed by atoms with van der Waals surface area (Å²) < 4.78 is 0. The molecule has 0 bridgehead atoms. The lowest BCUT2D eigenvalue weighted by Crippen LogP contribution is -2.29. The summed E-state index contributed by atoms with van der Waals surface area (Å²) in [5.74, 6) is 0.318. The summed E-state index contributed by atoms with van der Waals surface area (Å²) >= 11 is 0. The summed E-state index contributed by atoms with van der Waals surface area (Å²) in [5, 5.41) is 11.7. The minimum Gasteiger partial charge on any atom is -0.507 e. The van der Waals surface area contributed by atoms with E-state index in [1.807, 2.05) is 42.5 Å². The molecule has 156 valence electrons. The van der Waals surface area contributed by atoms with Crippen LogP contribution in [0.4, 0.5) is 0 Å². The molecule has 4 rings (SSSR count). The van der Waals surface area contributed by atoms with Gasteiger partial charge in [0, 0.05) is 27.4 Å². The van der Waals surface area contributed by atoms with E-state index in [1.54, 1.807) is 0 Å². The zero-order chi connectivity index (χ0) is 22.0. The van der Waals surface area contributed by atoms with Crippen LogP contribution in [0.25, 0.3) is 0 Å². The number of hydrogen-bond donors (Lipinski definition) is 1. The molecule has 0 radical (unpaired) electrons. The van der Waals surface area contributed by atoms with Crippen molar-refractivity contribution in [2.24, 2.45) is 0 Å². The van der Waals surface area contributed by atoms with Crippen LogP contribution in [0, 0.1) is 0 Å². The molecule has 1 aromatic rings. The molecule has 1 aromatic carbocycles. The van der Waals surface area contributed by atoms with Crippen molar-refractivity contribution in [2.45, 2.75) is 35.5 Å². The van der Waals surface area contributed by atoms with E-state index < -0.39 is 10.8 Å². The Kier molecular flexibility index (Phi) is 5.45. The Morgan fingerprint density at radius 1 is 0.613 bits per heavy atom. The Hall–Kier alpha value is -3.32. The molecule has 0 aromatic heterocycles. The van der Waals surface area contributed by atoms with Gasteiger partial charge in [-0.25, -0.2) is 0 Å². The normalized spacial score (nSPS) is 31.0. The molecule has 0 fully saturated rings. The molecular weight excluding hydrogens is 376 g/mol. The third kappa shape index (κ3) is 3.35. The van der Waals surface area contributed by atoms with Gasteiger partial charge in [0.2, 0.25) is 0 Å². The molecular formula is C30H30O. The van der Waals surface area contributed by atoms with Gasteiger partial charge in [0.25, 0.3) is 0 Å². The van der Waals surface area contributed by atoms with Crippen LogP contribution in [0.3, 0.4) is 0 Å². The smallest absolute Gasteiger partial charge is 0.124 e. The van der Waals surface area contributed by atoms with Crippen molar-refractivity contribution in [2.75, 3.05) is 0 Å². The third-order valence-electron chi connectivity index (χ3n) is 7.03. The highest BCUT2D eigenvalue weighted by atomic mass is 16.3. The second-order valence-corrected chi connectivity index (χ2v) is 8.63. The maximum absolute atomic E-state index is 11.7. The van der Waals surface area contributed by atoms with Gasteiger partial charge >= 0.3 is 0 Å². The fourth-order valence-corrected chi connectivity index (χ4v) is 4.93. The summed E-state index contributed by atoms with van der Waals surface area (Å²) in [6.07, 6.45) is 33.5. The Labute approximate surface area is 186 Å². The quantitative estimate of drug-likeness (QED) is 0.495. The van der Waals surface area contributed by atoms with Crippen molar-refractivity contribution < 1.29 is 5.11 Å². The Morgan fingerprint density at radius 2 is 1.00 bits per heavy atom. The van der Waals surface area contributed by atoms with Gasteiger partial charge in [0.15, 0.2) is 0 Å². The molecule has 3 aliphatic carbocycles. The van der Waals surface area contributed by atoms with E-state index >= 15 is 0 Å². The predicted molar refractivity (Wildman–Crippen MR) is 132 cm³/mol. The lowest BCUT2D eigenvalue weighted by Gasteiger charge is -2.37. The van der Waals surface area contributed by atoms with E-state index in [0.717, 1.165) is 36.0 Å². The molecule has 31 heavy (non-hydrogen) atoms. The highest BCUT2D eigenvalue weighted by Crippen LogP contribution is 2.49. The van der Waals surface area contributed by atoms with Crippen molar-refractivity contribution in [1.82, 2.24) is 0 Å². The largest absolute Gasteiger partial charge is 0.507 e. The van der Waals surface area contributed by atoms with E-state index in [2.05, 4.69) is 80.5 Å². The van der Waals surface area contributed by atoms with Crippen LogP contribution >= 0.6 is 0 Å². The van der Waals surface area contributed by atoms with E-state index in [1.165, 1.54) is 0 Å². The molecule has 0 heterocycles. The molecule has 1 heteroatoms. The van der Waals surface area contributed by atoms with Crippen LogP contribution in [0.2, 0.25) is 0 Å². The topological polar surface area (TPSA) is 20.2 Å². The van der Waals surface area contributed by atoms with Gasteiger partial charge in [-0.3, -0.25) is 0 Å². The Balaban J connectivity index is 2.03. The summed E-state index contributed by atoms with van der Waals surface area (Å²) in [4.78, 5) is 0. The second kappa shape index (κ2) is 8.07. The first-order valence-electron chi connectivity index (χ1n) is 10.9. The predicted octanol–water partition coefficient (Wildman–Crippen LogP) is 7.21. The van der Waals surface area contributed by atoms with E-state index in [4.69, 9.17) is 0 Å². The number of hydrogen-bond acceptors (Lipinski definition) is 1. The minimum absolute atomic E-state index is 0.318. The molecule has 0 amide bonds. The van der Waals surface area contributed by atoms with Crippen molar-refractivity contribution >= 4 is 0 Å². The molecule has 0 aliphatic heterocycles. The number of benzene rings is 1. The number of phenolic OH excluding ortho intramolecular Hbond substituents is 1. The first kappa shape index (κ1) is 20.9. The highest BCUT2D eigenvalue weighted by molar-refractivity contribution is 5.61. The monoisotopic (exact) mass is 406 g/mol. The average molecular weight is 407 g/mol. The Morgan fingerprint density at radius 3 is 1.32 bits per heavy atom. The van der Waals surface area contributed by atoms with Crippen LogP contribution in [0.5, 0.6) is 5.75 Å². The first-order valence-corrected chi connectivity index (χ1v) is 10.9. The van der Waals surface area contributed by atoms with E-state index in [-0.39, 0.29) is 5.41 Å². The molecule has 3 atom stereocenters. The second-order valence-electron chi connectivity index (χ2n) is 8.63. The van der Waals surface area contributed by atoms with Crippen molar-refractivity contribution in [3.05, 3.63) is 140 Å². The third-order valence-corrected chi connectivity index (χ3v) is 7.03. The summed E-state index contributed by atoms with van der Waals surface area (Å²) in [5.41, 5.74) is 1.64. The van der Waals surface area contributed by atoms with Gasteiger partial charge in [-0.15, -0.1) is 19.7 Å². The summed E-state index contributed by atoms with van der Waals surface area (Å²) in [6.45, 7) is 12.5. The molecule has 0 spiro atoms. The average Bonchev–Trinajstić information content (AvgIpc) is 2.85. The molecule has 3 unspecified atom stereocenters. The zero-order valence-corrected chi connectivity index (χ0v) is 18.0. The minimum atomic E-state index is -0.462. The van der Waals surface area contributed by atoms with E-state index in [0.29, 0.717) is 5.75 Å². The van der Waals surface area contributed by atoms with Crippen molar-refractivity contribution in [1.29, 1.82) is 0 Å². The van der Waals surface area contributed by atoms with Gasteiger partial charge in [-0.1, -0.05) is 91.1 Å². The lowest BCUT2D eigenvalue weighted by molar-refractivity contribution is 0.438. The van der Waals surface area contributed by atoms with Crippen molar-refractivity contribution in [3.8, 4) is 5.75 Å². The van der Waals surface area contributed by atoms with Crippen LogP contribution in [-0.2, 0) is 16.2 Å². The number of aromatic hydroxyl groups is 1. The van der Waals surface area contributed by atoms with Gasteiger partial charge in [-0.05, 0) is 37.0 Å². The van der Waals surface area contributed by atoms with Crippen LogP contribution in [0.1, 0.15) is 36.0 Å². The zero-order valence-electron chi connectivity index (χ0n) is 18.0. The molecule has 0 saturated heterocycles. The number of phenols is 1. The fourth-order valence-electron chi connectivity index (χ4n) is 4.93. The number of allylic oxidation sites excluding steroid dienone is 15. The summed E-state index contributed by atoms with van der Waals surface area (Å²) in [6, 6.07) is 4.29. The van der Waals surface area contributed by atoms with Gasteiger partial charge in [0.1, 0.15) is 5.75 Å². The first-order chi connectivity index (χ1) is 15.0. The molecule has 1 nitrogen and oxygen atoms in total. The van der Waals surface area contributed by atoms with Crippen LogP contribution in [-0.4, -0.2) is 5.11 Å². The van der Waals surface area contributed by atoms with Crippen LogP contribution < -0.4 is 0 Å². The maximum atomic E-state index is 11.7. The van der Waals surface area contributed by atoms with Crippen molar-refractivity contribution in [3.63, 3.8) is 0 Å². The fraction of sp³-hybridized carbons (Fsp3) is 0.200. The number of rotatable bonds is 6. The van der Waals surface area contributed by atoms with Gasteiger partial charge in [-0.2, -0.15) is 0 Å². The van der Waals surface area contributed by atoms with Gasteiger partial charge < -0.3 is 5.11 Å². The molecule has 3 aliphatic rings. The van der Waals surface area contributed by atoms with Crippen LogP contribution in [0.15, 0.2) is 123 Å². The Bertz CT molecular complexity index is 1030. The maximum Gasteiger partial charge on any atom is 0.124 e. The molecule has 0 saturated carbocycles. The lowest BCUT2D eigenvalue weighted by atomic mass is 9.66. The SMILES string of the molecule is C=CC1(c2cc(C3(C=C)C=CC=CC3)c(O)c(C3(C=C)C=CC=CC3)c2)C=CC=CC1. The highest BCUT2D eigenvalue weighted by Gasteiger charge is 2.38. The van der Waals surface area contributed by atoms with Gasteiger partial charge in [0.05, 0.1) is 0 Å². The molecule has 1 N–H and O–H groups in total. The standard InChI is InChI=1S/C30H30O/c1-4-28(16-10-7-11-17-28)24-22-25(29(5-2)18-12-8-13-19-29)27(31)26(23-24)30(6-3)20-14-9-15-21-30/h4-16,18,20,22-23,31H,1-3,17,19,21H2.